The van der Waals surface area contributed by atoms with Gasteiger partial charge in [-0.2, -0.15) is 0 Å². The van der Waals surface area contributed by atoms with Gasteiger partial charge < -0.3 is 19.1 Å². The fraction of sp³-hybridized carbons (Fsp3) is 0.111. The van der Waals surface area contributed by atoms with Gasteiger partial charge in [0.2, 0.25) is 0 Å². The van der Waals surface area contributed by atoms with Crippen LogP contribution < -0.4 is 4.65 Å². The third-order valence-electron chi connectivity index (χ3n) is 1.94. The smallest absolute Gasteiger partial charge is 0.509 e. The molecule has 0 saturated heterocycles. The van der Waals surface area contributed by atoms with Crippen molar-refractivity contribution in [2.75, 3.05) is 0 Å². The number of hydrogen-bond acceptors (Lipinski definition) is 4. The summed E-state index contributed by atoms with van der Waals surface area (Å²) in [4.78, 5) is 0. The summed E-state index contributed by atoms with van der Waals surface area (Å²) in [6, 6.07) is 7.25. The molecule has 0 aliphatic carbocycles. The maximum absolute atomic E-state index is 8.70. The quantitative estimate of drug-likeness (QED) is 0.699. The van der Waals surface area contributed by atoms with E-state index in [2.05, 4.69) is 0 Å². The first-order valence-electron chi connectivity index (χ1n) is 4.19. The van der Waals surface area contributed by atoms with Gasteiger partial charge >= 0.3 is 7.32 Å². The van der Waals surface area contributed by atoms with Gasteiger partial charge in [0.05, 0.1) is 5.39 Å². The largest absolute Gasteiger partial charge is 0.707 e. The number of aryl methyl sites for hydroxylation is 1. The van der Waals surface area contributed by atoms with Gasteiger partial charge in [-0.05, 0) is 19.1 Å². The highest BCUT2D eigenvalue weighted by Crippen LogP contribution is 2.32. The Hall–Kier alpha value is -1.46. The fourth-order valence-corrected chi connectivity index (χ4v) is 1.40. The van der Waals surface area contributed by atoms with Crippen LogP contribution in [0, 0.1) is 6.92 Å². The molecule has 2 rings (SSSR count). The fourth-order valence-electron chi connectivity index (χ4n) is 1.40. The molecule has 72 valence electrons. The summed E-state index contributed by atoms with van der Waals surface area (Å²) < 4.78 is 10.2. The van der Waals surface area contributed by atoms with Crippen molar-refractivity contribution in [1.82, 2.24) is 0 Å². The summed E-state index contributed by atoms with van der Waals surface area (Å²) in [6.45, 7) is 1.71. The van der Waals surface area contributed by atoms with Crippen LogP contribution in [0.1, 0.15) is 5.76 Å². The Morgan fingerprint density at radius 2 is 2.00 bits per heavy atom. The molecular weight excluding hydrogens is 183 g/mol. The molecule has 0 bridgehead atoms. The van der Waals surface area contributed by atoms with E-state index in [4.69, 9.17) is 19.1 Å². The van der Waals surface area contributed by atoms with Gasteiger partial charge in [0, 0.05) is 0 Å². The zero-order valence-electron chi connectivity index (χ0n) is 7.60. The normalized spacial score (nSPS) is 10.5. The van der Waals surface area contributed by atoms with Crippen molar-refractivity contribution in [3.8, 4) is 5.75 Å². The summed E-state index contributed by atoms with van der Waals surface area (Å²) in [6.07, 6.45) is 0. The van der Waals surface area contributed by atoms with Crippen molar-refractivity contribution >= 4 is 18.3 Å². The van der Waals surface area contributed by atoms with Gasteiger partial charge in [-0.15, -0.1) is 0 Å². The standard InChI is InChI=1S/C9H9BO4/c1-6-9(14-10(11)12)7-4-2-3-5-8(7)13-6/h2-5,11-12H,1H3. The lowest BCUT2D eigenvalue weighted by atomic mass is 10.2. The third-order valence-corrected chi connectivity index (χ3v) is 1.94. The molecule has 1 aromatic carbocycles. The van der Waals surface area contributed by atoms with Crippen molar-refractivity contribution in [2.45, 2.75) is 6.92 Å². The summed E-state index contributed by atoms with van der Waals surface area (Å²) >= 11 is 0. The topological polar surface area (TPSA) is 62.8 Å². The van der Waals surface area contributed by atoms with E-state index in [-0.39, 0.29) is 0 Å². The van der Waals surface area contributed by atoms with Gasteiger partial charge in [0.25, 0.3) is 0 Å². The molecule has 0 amide bonds. The van der Waals surface area contributed by atoms with Gasteiger partial charge in [-0.3, -0.25) is 0 Å². The number of furan rings is 1. The molecule has 2 aromatic rings. The molecule has 0 radical (unpaired) electrons. The zero-order valence-corrected chi connectivity index (χ0v) is 7.60. The monoisotopic (exact) mass is 192 g/mol. The number of rotatable bonds is 2. The van der Waals surface area contributed by atoms with Crippen LogP contribution in [0.5, 0.6) is 5.75 Å². The Labute approximate surface area is 80.9 Å². The second-order valence-corrected chi connectivity index (χ2v) is 2.93. The van der Waals surface area contributed by atoms with Crippen molar-refractivity contribution < 1.29 is 19.1 Å². The first-order valence-corrected chi connectivity index (χ1v) is 4.19. The van der Waals surface area contributed by atoms with Crippen molar-refractivity contribution in [1.29, 1.82) is 0 Å². The maximum Gasteiger partial charge on any atom is 0.707 e. The molecule has 5 heteroatoms. The van der Waals surface area contributed by atoms with Crippen LogP contribution in [0.4, 0.5) is 0 Å². The van der Waals surface area contributed by atoms with E-state index in [1.54, 1.807) is 19.1 Å². The van der Waals surface area contributed by atoms with Crippen molar-refractivity contribution in [3.05, 3.63) is 30.0 Å². The Morgan fingerprint density at radius 3 is 2.71 bits per heavy atom. The Balaban J connectivity index is 2.56. The molecule has 0 aliphatic rings. The van der Waals surface area contributed by atoms with E-state index in [1.807, 2.05) is 12.1 Å². The summed E-state index contributed by atoms with van der Waals surface area (Å²) in [5.74, 6) is 0.898. The first kappa shape index (κ1) is 9.11. The molecule has 4 nitrogen and oxygen atoms in total. The van der Waals surface area contributed by atoms with Crippen LogP contribution in [-0.2, 0) is 0 Å². The van der Waals surface area contributed by atoms with E-state index in [1.165, 1.54) is 0 Å². The Kier molecular flexibility index (Phi) is 2.19. The minimum atomic E-state index is -1.82. The van der Waals surface area contributed by atoms with E-state index in [0.717, 1.165) is 5.39 Å². The molecule has 0 spiro atoms. The predicted molar refractivity (Wildman–Crippen MR) is 51.8 cm³/mol. The highest BCUT2D eigenvalue weighted by Gasteiger charge is 2.18. The lowest BCUT2D eigenvalue weighted by molar-refractivity contribution is 0.286. The number of hydrogen-bond donors (Lipinski definition) is 2. The van der Waals surface area contributed by atoms with Crippen LogP contribution in [0.25, 0.3) is 11.0 Å². The molecule has 0 unspecified atom stereocenters. The SMILES string of the molecule is Cc1oc2ccccc2c1OB(O)O. The van der Waals surface area contributed by atoms with E-state index in [0.29, 0.717) is 17.1 Å². The maximum atomic E-state index is 8.70. The summed E-state index contributed by atoms with van der Waals surface area (Å²) in [5, 5.41) is 18.1. The van der Waals surface area contributed by atoms with Crippen LogP contribution in [0.2, 0.25) is 0 Å². The number of fused-ring (bicyclic) bond motifs is 1. The van der Waals surface area contributed by atoms with Crippen LogP contribution in [0.3, 0.4) is 0 Å². The van der Waals surface area contributed by atoms with Gasteiger partial charge in [-0.25, -0.2) is 0 Å². The Bertz CT molecular complexity index is 449. The van der Waals surface area contributed by atoms with Gasteiger partial charge in [-0.1, -0.05) is 12.1 Å². The molecule has 0 saturated carbocycles. The molecule has 0 atom stereocenters. The minimum Gasteiger partial charge on any atom is -0.509 e. The van der Waals surface area contributed by atoms with Crippen molar-refractivity contribution in [3.63, 3.8) is 0 Å². The number of benzene rings is 1. The summed E-state index contributed by atoms with van der Waals surface area (Å²) in [5.41, 5.74) is 0.667. The average Bonchev–Trinajstić information content (AvgIpc) is 2.43. The highest BCUT2D eigenvalue weighted by molar-refractivity contribution is 6.34. The molecular formula is C9H9BO4. The van der Waals surface area contributed by atoms with Crippen LogP contribution in [0.15, 0.2) is 28.7 Å². The Morgan fingerprint density at radius 1 is 1.29 bits per heavy atom. The lowest BCUT2D eigenvalue weighted by Gasteiger charge is -2.02. The van der Waals surface area contributed by atoms with E-state index in [9.17, 15) is 0 Å². The second kappa shape index (κ2) is 3.36. The predicted octanol–water partition coefficient (Wildman–Crippen LogP) is 1.09. The van der Waals surface area contributed by atoms with E-state index < -0.39 is 7.32 Å². The van der Waals surface area contributed by atoms with Crippen LogP contribution >= 0.6 is 0 Å². The molecule has 2 N–H and O–H groups in total. The lowest BCUT2D eigenvalue weighted by Crippen LogP contribution is -2.20. The molecule has 1 heterocycles. The van der Waals surface area contributed by atoms with Crippen LogP contribution in [-0.4, -0.2) is 17.4 Å². The van der Waals surface area contributed by atoms with Crippen molar-refractivity contribution in [2.24, 2.45) is 0 Å². The third kappa shape index (κ3) is 1.47. The van der Waals surface area contributed by atoms with Gasteiger partial charge in [0.15, 0.2) is 5.75 Å². The average molecular weight is 192 g/mol. The highest BCUT2D eigenvalue weighted by atomic mass is 16.6. The molecule has 1 aromatic heterocycles. The molecule has 0 fully saturated rings. The van der Waals surface area contributed by atoms with E-state index >= 15 is 0 Å². The zero-order chi connectivity index (χ0) is 10.1. The van der Waals surface area contributed by atoms with Gasteiger partial charge in [0.1, 0.15) is 11.3 Å². The summed E-state index contributed by atoms with van der Waals surface area (Å²) in [7, 11) is -1.82. The first-order chi connectivity index (χ1) is 6.68. The minimum absolute atomic E-state index is 0.371. The number of para-hydroxylation sites is 1. The second-order valence-electron chi connectivity index (χ2n) is 2.93. The molecule has 0 aliphatic heterocycles. The molecule has 14 heavy (non-hydrogen) atoms.